The molecular formula is C36H42BrClN4O5. The number of aromatic carboxylic acids is 1. The van der Waals surface area contributed by atoms with Gasteiger partial charge in [0, 0.05) is 61.8 Å². The van der Waals surface area contributed by atoms with Gasteiger partial charge in [-0.15, -0.1) is 0 Å². The number of carbonyl (C=O) groups excluding carboxylic acids is 1. The summed E-state index contributed by atoms with van der Waals surface area (Å²) in [6.07, 6.45) is 4.13. The molecule has 9 nitrogen and oxygen atoms in total. The summed E-state index contributed by atoms with van der Waals surface area (Å²) in [5.41, 5.74) is 4.70. The Morgan fingerprint density at radius 2 is 1.74 bits per heavy atom. The molecule has 1 amide bonds. The number of rotatable bonds is 8. The van der Waals surface area contributed by atoms with Gasteiger partial charge in [-0.25, -0.2) is 14.6 Å². The molecule has 2 N–H and O–H groups in total. The van der Waals surface area contributed by atoms with E-state index in [2.05, 4.69) is 62.0 Å². The summed E-state index contributed by atoms with van der Waals surface area (Å²) < 4.78 is 12.0. The molecule has 0 radical (unpaired) electrons. The van der Waals surface area contributed by atoms with Crippen molar-refractivity contribution < 1.29 is 24.2 Å². The SMILES string of the molecule is CC1(C)CCC(CN2CCN(c3ccc(C(=O)O)c(Oc4cc(NC(=O)OC(C)(C)C)ncc4Br)c3)CC2)=C(c2ccc(Cl)cc2)C1. The van der Waals surface area contributed by atoms with Gasteiger partial charge >= 0.3 is 12.1 Å². The molecule has 0 atom stereocenters. The van der Waals surface area contributed by atoms with Crippen molar-refractivity contribution in [2.45, 2.75) is 59.5 Å². The minimum Gasteiger partial charge on any atom is -0.478 e. The van der Waals surface area contributed by atoms with Gasteiger partial charge in [0.15, 0.2) is 0 Å². The number of carboxylic acid groups (broad SMARTS) is 1. The average molecular weight is 726 g/mol. The molecule has 11 heteroatoms. The van der Waals surface area contributed by atoms with Gasteiger partial charge < -0.3 is 19.5 Å². The lowest BCUT2D eigenvalue weighted by molar-refractivity contribution is 0.0633. The fourth-order valence-corrected chi connectivity index (χ4v) is 6.38. The molecule has 2 aliphatic rings. The molecule has 1 aromatic heterocycles. The van der Waals surface area contributed by atoms with Crippen LogP contribution in [0.15, 0.2) is 64.8 Å². The summed E-state index contributed by atoms with van der Waals surface area (Å²) in [6.45, 7) is 14.3. The number of benzene rings is 2. The standard InChI is InChI=1S/C36H42BrClN4O5/c1-35(2,3)47-34(45)40-32-19-31(29(37)21-39-32)46-30-18-26(10-11-27(30)33(43)44)42-16-14-41(15-17-42)22-24-12-13-36(4,5)20-28(24)23-6-8-25(38)9-7-23/h6-11,18-19,21H,12-17,20,22H2,1-5H3,(H,43,44)(H,39,40,45). The first-order chi connectivity index (χ1) is 22.2. The van der Waals surface area contributed by atoms with Crippen LogP contribution in [-0.4, -0.2) is 65.4 Å². The maximum atomic E-state index is 12.3. The number of piperazine rings is 1. The first-order valence-electron chi connectivity index (χ1n) is 15.8. The van der Waals surface area contributed by atoms with Gasteiger partial charge in [0.2, 0.25) is 0 Å². The molecule has 2 aromatic carbocycles. The van der Waals surface area contributed by atoms with Crippen LogP contribution in [-0.2, 0) is 4.74 Å². The minimum absolute atomic E-state index is 0.0274. The van der Waals surface area contributed by atoms with Crippen LogP contribution in [0.25, 0.3) is 5.57 Å². The van der Waals surface area contributed by atoms with E-state index < -0.39 is 17.7 Å². The average Bonchev–Trinajstić information content (AvgIpc) is 2.99. The number of amides is 1. The maximum Gasteiger partial charge on any atom is 0.413 e. The number of ether oxygens (including phenoxy) is 2. The van der Waals surface area contributed by atoms with Crippen LogP contribution in [0.5, 0.6) is 11.5 Å². The van der Waals surface area contributed by atoms with Crippen molar-refractivity contribution in [3.8, 4) is 11.5 Å². The monoisotopic (exact) mass is 724 g/mol. The molecule has 0 bridgehead atoms. The zero-order valence-electron chi connectivity index (χ0n) is 27.5. The number of hydrogen-bond acceptors (Lipinski definition) is 7. The molecule has 1 aliphatic heterocycles. The van der Waals surface area contributed by atoms with E-state index >= 15 is 0 Å². The normalized spacial score (nSPS) is 17.0. The highest BCUT2D eigenvalue weighted by molar-refractivity contribution is 9.10. The van der Waals surface area contributed by atoms with Crippen LogP contribution in [0, 0.1) is 5.41 Å². The van der Waals surface area contributed by atoms with E-state index in [1.807, 2.05) is 18.2 Å². The molecular weight excluding hydrogens is 684 g/mol. The van der Waals surface area contributed by atoms with Crippen molar-refractivity contribution in [3.63, 3.8) is 0 Å². The molecule has 0 unspecified atom stereocenters. The minimum atomic E-state index is -1.10. The molecule has 1 aliphatic carbocycles. The largest absolute Gasteiger partial charge is 0.478 e. The highest BCUT2D eigenvalue weighted by Crippen LogP contribution is 2.43. The summed E-state index contributed by atoms with van der Waals surface area (Å²) in [5.74, 6) is -0.405. The summed E-state index contributed by atoms with van der Waals surface area (Å²) >= 11 is 9.63. The number of anilines is 2. The van der Waals surface area contributed by atoms with Crippen molar-refractivity contribution in [3.05, 3.63) is 80.9 Å². The van der Waals surface area contributed by atoms with Gasteiger partial charge in [-0.3, -0.25) is 10.2 Å². The van der Waals surface area contributed by atoms with E-state index in [0.717, 1.165) is 56.3 Å². The number of carboxylic acids is 1. The topological polar surface area (TPSA) is 104 Å². The number of carbonyl (C=O) groups is 2. The third kappa shape index (κ3) is 9.27. The summed E-state index contributed by atoms with van der Waals surface area (Å²) in [4.78, 5) is 33.4. The molecule has 250 valence electrons. The van der Waals surface area contributed by atoms with Gasteiger partial charge in [0.1, 0.15) is 28.5 Å². The summed E-state index contributed by atoms with van der Waals surface area (Å²) in [5, 5.41) is 13.3. The number of pyridine rings is 1. The zero-order valence-corrected chi connectivity index (χ0v) is 29.9. The van der Waals surface area contributed by atoms with E-state index in [9.17, 15) is 14.7 Å². The van der Waals surface area contributed by atoms with Crippen molar-refractivity contribution >= 4 is 56.7 Å². The predicted molar refractivity (Wildman–Crippen MR) is 190 cm³/mol. The molecule has 1 fully saturated rings. The third-order valence-corrected chi connectivity index (χ3v) is 9.24. The van der Waals surface area contributed by atoms with E-state index in [4.69, 9.17) is 21.1 Å². The first kappa shape index (κ1) is 34.7. The van der Waals surface area contributed by atoms with Crippen LogP contribution in [0.3, 0.4) is 0 Å². The number of nitrogens with one attached hydrogen (secondary N) is 1. The van der Waals surface area contributed by atoms with Crippen LogP contribution >= 0.6 is 27.5 Å². The summed E-state index contributed by atoms with van der Waals surface area (Å²) in [6, 6.07) is 14.9. The Labute approximate surface area is 290 Å². The second kappa shape index (κ2) is 14.3. The quantitative estimate of drug-likeness (QED) is 0.237. The lowest BCUT2D eigenvalue weighted by Crippen LogP contribution is -2.47. The lowest BCUT2D eigenvalue weighted by atomic mass is 9.72. The number of hydrogen-bond donors (Lipinski definition) is 2. The van der Waals surface area contributed by atoms with E-state index in [0.29, 0.717) is 10.2 Å². The highest BCUT2D eigenvalue weighted by atomic mass is 79.9. The van der Waals surface area contributed by atoms with Gasteiger partial charge in [0.25, 0.3) is 0 Å². The van der Waals surface area contributed by atoms with E-state index in [1.165, 1.54) is 35.4 Å². The Hall–Kier alpha value is -3.60. The molecule has 47 heavy (non-hydrogen) atoms. The molecule has 0 spiro atoms. The molecule has 2 heterocycles. The summed E-state index contributed by atoms with van der Waals surface area (Å²) in [7, 11) is 0. The van der Waals surface area contributed by atoms with E-state index in [-0.39, 0.29) is 22.5 Å². The molecule has 3 aromatic rings. The Balaban J connectivity index is 1.29. The number of nitrogens with zero attached hydrogens (tertiary/aromatic N) is 3. The van der Waals surface area contributed by atoms with Crippen LogP contribution in [0.1, 0.15) is 69.8 Å². The fourth-order valence-electron chi connectivity index (χ4n) is 5.96. The third-order valence-electron chi connectivity index (χ3n) is 8.39. The predicted octanol–water partition coefficient (Wildman–Crippen LogP) is 9.12. The van der Waals surface area contributed by atoms with Gasteiger partial charge in [-0.1, -0.05) is 43.2 Å². The first-order valence-corrected chi connectivity index (χ1v) is 17.0. The van der Waals surface area contributed by atoms with Gasteiger partial charge in [-0.2, -0.15) is 0 Å². The Morgan fingerprint density at radius 3 is 2.40 bits per heavy atom. The number of aromatic nitrogens is 1. The van der Waals surface area contributed by atoms with Crippen molar-refractivity contribution in [1.82, 2.24) is 9.88 Å². The second-order valence-electron chi connectivity index (χ2n) is 13.9. The van der Waals surface area contributed by atoms with Gasteiger partial charge in [0.05, 0.1) is 4.47 Å². The van der Waals surface area contributed by atoms with E-state index in [1.54, 1.807) is 32.9 Å². The van der Waals surface area contributed by atoms with Gasteiger partial charge in [-0.05, 0) is 96.8 Å². The van der Waals surface area contributed by atoms with Crippen molar-refractivity contribution in [1.29, 1.82) is 0 Å². The second-order valence-corrected chi connectivity index (χ2v) is 15.2. The smallest absolute Gasteiger partial charge is 0.413 e. The Bertz CT molecular complexity index is 1660. The highest BCUT2D eigenvalue weighted by Gasteiger charge is 2.29. The van der Waals surface area contributed by atoms with Crippen LogP contribution < -0.4 is 15.0 Å². The van der Waals surface area contributed by atoms with Crippen LogP contribution in [0.4, 0.5) is 16.3 Å². The molecule has 1 saturated heterocycles. The van der Waals surface area contributed by atoms with Crippen molar-refractivity contribution in [2.24, 2.45) is 5.41 Å². The Kier molecular flexibility index (Phi) is 10.5. The fraction of sp³-hybridized carbons (Fsp3) is 0.417. The zero-order chi connectivity index (χ0) is 33.9. The lowest BCUT2D eigenvalue weighted by Gasteiger charge is -2.39. The number of allylic oxidation sites excluding steroid dienone is 1. The van der Waals surface area contributed by atoms with Crippen molar-refractivity contribution in [2.75, 3.05) is 42.9 Å². The number of halogens is 2. The molecule has 5 rings (SSSR count). The van der Waals surface area contributed by atoms with Crippen LogP contribution in [0.2, 0.25) is 5.02 Å². The molecule has 0 saturated carbocycles. The maximum absolute atomic E-state index is 12.3. The Morgan fingerprint density at radius 1 is 1.04 bits per heavy atom.